The van der Waals surface area contributed by atoms with Gasteiger partial charge in [0.15, 0.2) is 6.29 Å². The lowest BCUT2D eigenvalue weighted by molar-refractivity contribution is -0.0497. The average Bonchev–Trinajstić information content (AvgIpc) is 2.99. The normalized spacial score (nSPS) is 16.9. The summed E-state index contributed by atoms with van der Waals surface area (Å²) in [6, 6.07) is 3.61. The Morgan fingerprint density at radius 1 is 1.41 bits per heavy atom. The molecule has 0 spiro atoms. The fourth-order valence-corrected chi connectivity index (χ4v) is 1.94. The lowest BCUT2D eigenvalue weighted by Crippen LogP contribution is -2.26. The predicted octanol–water partition coefficient (Wildman–Crippen LogP) is 0.259. The van der Waals surface area contributed by atoms with Crippen LogP contribution in [0.25, 0.3) is 5.52 Å². The minimum Gasteiger partial charge on any atom is -0.350 e. The molecule has 1 aliphatic heterocycles. The van der Waals surface area contributed by atoms with Crippen molar-refractivity contribution in [1.82, 2.24) is 14.2 Å². The van der Waals surface area contributed by atoms with Crippen molar-refractivity contribution in [1.29, 1.82) is 0 Å². The molecule has 6 heteroatoms. The standard InChI is InChI=1S/C11H13N3O3/c15-11-9-2-1-4-13(9)8-12-14(11)5-3-10-16-6-7-17-10/h1-2,4,8,10H,3,5-7H2. The number of aryl methyl sites for hydroxylation is 1. The third kappa shape index (κ3) is 1.96. The Labute approximate surface area is 97.4 Å². The van der Waals surface area contributed by atoms with E-state index < -0.39 is 0 Å². The highest BCUT2D eigenvalue weighted by molar-refractivity contribution is 5.43. The molecule has 0 radical (unpaired) electrons. The molecule has 17 heavy (non-hydrogen) atoms. The van der Waals surface area contributed by atoms with Crippen molar-refractivity contribution >= 4 is 5.52 Å². The summed E-state index contributed by atoms with van der Waals surface area (Å²) in [5.74, 6) is 0. The molecule has 6 nitrogen and oxygen atoms in total. The summed E-state index contributed by atoms with van der Waals surface area (Å²) in [4.78, 5) is 12.0. The van der Waals surface area contributed by atoms with Crippen molar-refractivity contribution in [3.05, 3.63) is 35.0 Å². The third-order valence-electron chi connectivity index (χ3n) is 2.82. The van der Waals surface area contributed by atoms with E-state index in [4.69, 9.17) is 9.47 Å². The Bertz CT molecular complexity index is 569. The van der Waals surface area contributed by atoms with E-state index in [9.17, 15) is 4.79 Å². The molecule has 0 amide bonds. The lowest BCUT2D eigenvalue weighted by atomic mass is 10.4. The van der Waals surface area contributed by atoms with E-state index in [0.29, 0.717) is 31.7 Å². The molecule has 0 aromatic carbocycles. The molecule has 3 rings (SSSR count). The van der Waals surface area contributed by atoms with Crippen molar-refractivity contribution in [3.63, 3.8) is 0 Å². The zero-order chi connectivity index (χ0) is 11.7. The van der Waals surface area contributed by atoms with Crippen molar-refractivity contribution in [3.8, 4) is 0 Å². The first kappa shape index (κ1) is 10.5. The van der Waals surface area contributed by atoms with E-state index in [-0.39, 0.29) is 11.8 Å². The summed E-state index contributed by atoms with van der Waals surface area (Å²) in [5.41, 5.74) is 0.545. The summed E-state index contributed by atoms with van der Waals surface area (Å²) in [5, 5.41) is 4.10. The van der Waals surface area contributed by atoms with Crippen LogP contribution >= 0.6 is 0 Å². The molecular formula is C11H13N3O3. The molecule has 0 N–H and O–H groups in total. The van der Waals surface area contributed by atoms with Gasteiger partial charge in [-0.3, -0.25) is 4.79 Å². The molecular weight excluding hydrogens is 222 g/mol. The Morgan fingerprint density at radius 2 is 2.24 bits per heavy atom. The number of ether oxygens (including phenoxy) is 2. The Kier molecular flexibility index (Phi) is 2.66. The van der Waals surface area contributed by atoms with E-state index in [0.717, 1.165) is 0 Å². The van der Waals surface area contributed by atoms with E-state index in [1.807, 2.05) is 6.07 Å². The highest BCUT2D eigenvalue weighted by atomic mass is 16.7. The third-order valence-corrected chi connectivity index (χ3v) is 2.82. The van der Waals surface area contributed by atoms with Crippen LogP contribution in [0, 0.1) is 0 Å². The van der Waals surface area contributed by atoms with Gasteiger partial charge in [0.1, 0.15) is 11.8 Å². The topological polar surface area (TPSA) is 57.8 Å². The molecule has 0 saturated carbocycles. The monoisotopic (exact) mass is 235 g/mol. The molecule has 2 aromatic rings. The van der Waals surface area contributed by atoms with Crippen LogP contribution < -0.4 is 5.56 Å². The van der Waals surface area contributed by atoms with E-state index in [1.54, 1.807) is 23.0 Å². The van der Waals surface area contributed by atoms with Gasteiger partial charge in [0, 0.05) is 19.2 Å². The maximum absolute atomic E-state index is 12.0. The highest BCUT2D eigenvalue weighted by Gasteiger charge is 2.16. The Morgan fingerprint density at radius 3 is 3.06 bits per heavy atom. The molecule has 0 aliphatic carbocycles. The molecule has 1 aliphatic rings. The Balaban J connectivity index is 1.80. The zero-order valence-electron chi connectivity index (χ0n) is 9.28. The minimum atomic E-state index is -0.202. The van der Waals surface area contributed by atoms with Gasteiger partial charge in [0.2, 0.25) is 0 Å². The van der Waals surface area contributed by atoms with E-state index in [1.165, 1.54) is 4.68 Å². The second-order valence-electron chi connectivity index (χ2n) is 3.92. The maximum atomic E-state index is 12.0. The summed E-state index contributed by atoms with van der Waals surface area (Å²) >= 11 is 0. The highest BCUT2D eigenvalue weighted by Crippen LogP contribution is 2.08. The van der Waals surface area contributed by atoms with Gasteiger partial charge in [-0.2, -0.15) is 5.10 Å². The molecule has 3 heterocycles. The number of fused-ring (bicyclic) bond motifs is 1. The van der Waals surface area contributed by atoms with Crippen LogP contribution in [0.2, 0.25) is 0 Å². The van der Waals surface area contributed by atoms with Crippen LogP contribution in [-0.2, 0) is 16.0 Å². The fraction of sp³-hybridized carbons (Fsp3) is 0.455. The molecule has 0 unspecified atom stereocenters. The summed E-state index contributed by atoms with van der Waals surface area (Å²) < 4.78 is 13.8. The first-order valence-electron chi connectivity index (χ1n) is 5.60. The van der Waals surface area contributed by atoms with Crippen LogP contribution in [-0.4, -0.2) is 33.7 Å². The van der Waals surface area contributed by atoms with Crippen molar-refractivity contribution < 1.29 is 9.47 Å². The maximum Gasteiger partial charge on any atom is 0.290 e. The summed E-state index contributed by atoms with van der Waals surface area (Å²) in [6.45, 7) is 1.76. The van der Waals surface area contributed by atoms with E-state index >= 15 is 0 Å². The second-order valence-corrected chi connectivity index (χ2v) is 3.92. The van der Waals surface area contributed by atoms with Gasteiger partial charge in [0.25, 0.3) is 5.56 Å². The van der Waals surface area contributed by atoms with Gasteiger partial charge >= 0.3 is 0 Å². The number of hydrogen-bond donors (Lipinski definition) is 0. The molecule has 2 aromatic heterocycles. The number of nitrogens with zero attached hydrogens (tertiary/aromatic N) is 3. The molecule has 90 valence electrons. The summed E-state index contributed by atoms with van der Waals surface area (Å²) in [6.07, 6.45) is 3.88. The van der Waals surface area contributed by atoms with Crippen LogP contribution in [0.15, 0.2) is 29.5 Å². The number of aromatic nitrogens is 3. The van der Waals surface area contributed by atoms with Crippen molar-refractivity contribution in [2.24, 2.45) is 0 Å². The van der Waals surface area contributed by atoms with Crippen LogP contribution in [0.1, 0.15) is 6.42 Å². The second kappa shape index (κ2) is 4.31. The van der Waals surface area contributed by atoms with Crippen LogP contribution in [0.3, 0.4) is 0 Å². The van der Waals surface area contributed by atoms with Crippen LogP contribution in [0.4, 0.5) is 0 Å². The first-order valence-corrected chi connectivity index (χ1v) is 5.60. The van der Waals surface area contributed by atoms with Crippen molar-refractivity contribution in [2.75, 3.05) is 13.2 Å². The minimum absolute atomic E-state index is 0.0875. The number of rotatable bonds is 3. The van der Waals surface area contributed by atoms with Gasteiger partial charge in [-0.1, -0.05) is 0 Å². The van der Waals surface area contributed by atoms with Gasteiger partial charge in [-0.15, -0.1) is 0 Å². The van der Waals surface area contributed by atoms with Gasteiger partial charge in [0.05, 0.1) is 13.2 Å². The summed E-state index contributed by atoms with van der Waals surface area (Å²) in [7, 11) is 0. The Hall–Kier alpha value is -1.66. The molecule has 1 saturated heterocycles. The van der Waals surface area contributed by atoms with E-state index in [2.05, 4.69) is 5.10 Å². The van der Waals surface area contributed by atoms with Gasteiger partial charge in [-0.05, 0) is 12.1 Å². The predicted molar refractivity (Wildman–Crippen MR) is 59.8 cm³/mol. The smallest absolute Gasteiger partial charge is 0.290 e. The average molecular weight is 235 g/mol. The van der Waals surface area contributed by atoms with Crippen LogP contribution in [0.5, 0.6) is 0 Å². The quantitative estimate of drug-likeness (QED) is 0.765. The first-order chi connectivity index (χ1) is 8.34. The molecule has 0 atom stereocenters. The number of hydrogen-bond acceptors (Lipinski definition) is 4. The fourth-order valence-electron chi connectivity index (χ4n) is 1.94. The largest absolute Gasteiger partial charge is 0.350 e. The lowest BCUT2D eigenvalue weighted by Gasteiger charge is -2.09. The molecule has 0 bridgehead atoms. The molecule has 1 fully saturated rings. The van der Waals surface area contributed by atoms with Gasteiger partial charge in [-0.25, -0.2) is 4.68 Å². The SMILES string of the molecule is O=c1c2cccn2cnn1CCC1OCCO1. The van der Waals surface area contributed by atoms with Crippen molar-refractivity contribution in [2.45, 2.75) is 19.3 Å². The zero-order valence-corrected chi connectivity index (χ0v) is 9.28. The van der Waals surface area contributed by atoms with Gasteiger partial charge < -0.3 is 13.9 Å².